The number of carbonyl (C=O) groups is 3. The van der Waals surface area contributed by atoms with E-state index in [1.807, 2.05) is 35.9 Å². The Balaban J connectivity index is 1.25. The lowest BCUT2D eigenvalue weighted by Gasteiger charge is -2.33. The molecule has 2 N–H and O–H groups in total. The van der Waals surface area contributed by atoms with Crippen LogP contribution in [-0.4, -0.2) is 37.8 Å². The minimum Gasteiger partial charge on any atom is -0.487 e. The number of nitrogens with one attached hydrogen (secondary N) is 2. The van der Waals surface area contributed by atoms with Gasteiger partial charge in [0.15, 0.2) is 0 Å². The number of rotatable bonds is 5. The summed E-state index contributed by atoms with van der Waals surface area (Å²) < 4.78 is 7.79. The van der Waals surface area contributed by atoms with E-state index in [0.717, 1.165) is 34.8 Å². The Labute approximate surface area is 197 Å². The highest BCUT2D eigenvalue weighted by Gasteiger charge is 2.52. The minimum absolute atomic E-state index is 0.236. The second-order valence-corrected chi connectivity index (χ2v) is 9.25. The second kappa shape index (κ2) is 8.48. The first kappa shape index (κ1) is 21.9. The van der Waals surface area contributed by atoms with Crippen molar-refractivity contribution >= 4 is 23.5 Å². The molecule has 5 rings (SSSR count). The van der Waals surface area contributed by atoms with E-state index in [1.54, 1.807) is 24.3 Å². The minimum atomic E-state index is -0.908. The molecule has 0 radical (unpaired) electrons. The van der Waals surface area contributed by atoms with Gasteiger partial charge < -0.3 is 14.5 Å². The summed E-state index contributed by atoms with van der Waals surface area (Å²) in [4.78, 5) is 42.9. The average Bonchev–Trinajstić information content (AvgIpc) is 3.35. The van der Waals surface area contributed by atoms with Gasteiger partial charge in [0.1, 0.15) is 23.5 Å². The number of hydrogen-bond donors (Lipinski definition) is 2. The van der Waals surface area contributed by atoms with Gasteiger partial charge in [0.2, 0.25) is 0 Å². The molecule has 34 heavy (non-hydrogen) atoms. The number of urea groups is 1. The molecule has 1 aliphatic carbocycles. The number of hydrazine groups is 1. The van der Waals surface area contributed by atoms with Crippen LogP contribution in [-0.2, 0) is 11.4 Å². The zero-order valence-corrected chi connectivity index (χ0v) is 19.2. The molecule has 3 heterocycles. The molecule has 3 aromatic rings. The van der Waals surface area contributed by atoms with Crippen molar-refractivity contribution in [1.82, 2.24) is 25.1 Å². The van der Waals surface area contributed by atoms with E-state index in [-0.39, 0.29) is 12.2 Å². The Morgan fingerprint density at radius 2 is 2.03 bits per heavy atom. The molecule has 2 fully saturated rings. The van der Waals surface area contributed by atoms with Crippen LogP contribution in [0.15, 0.2) is 48.8 Å². The van der Waals surface area contributed by atoms with Crippen LogP contribution in [0.25, 0.3) is 5.65 Å². The lowest BCUT2D eigenvalue weighted by Crippen LogP contribution is -2.51. The highest BCUT2D eigenvalue weighted by Crippen LogP contribution is 2.35. The molecular weight excluding hydrogens is 434 g/mol. The number of nitrogens with zero attached hydrogens (tertiary/aromatic N) is 3. The molecule has 0 atom stereocenters. The van der Waals surface area contributed by atoms with E-state index in [0.29, 0.717) is 24.5 Å². The number of aromatic nitrogens is 2. The van der Waals surface area contributed by atoms with Crippen molar-refractivity contribution in [2.24, 2.45) is 5.92 Å². The molecule has 1 aromatic carbocycles. The van der Waals surface area contributed by atoms with Gasteiger partial charge in [0, 0.05) is 18.0 Å². The first-order valence-electron chi connectivity index (χ1n) is 11.5. The second-order valence-electron chi connectivity index (χ2n) is 9.25. The summed E-state index contributed by atoms with van der Waals surface area (Å²) >= 11 is 0. The van der Waals surface area contributed by atoms with E-state index < -0.39 is 23.4 Å². The van der Waals surface area contributed by atoms with E-state index in [9.17, 15) is 14.4 Å². The van der Waals surface area contributed by atoms with Gasteiger partial charge in [0.25, 0.3) is 11.8 Å². The maximum atomic E-state index is 13.0. The zero-order valence-electron chi connectivity index (χ0n) is 19.2. The van der Waals surface area contributed by atoms with Crippen molar-refractivity contribution < 1.29 is 19.1 Å². The van der Waals surface area contributed by atoms with Crippen LogP contribution in [0, 0.1) is 12.8 Å². The van der Waals surface area contributed by atoms with Crippen molar-refractivity contribution in [2.45, 2.75) is 51.7 Å². The number of aryl methyl sites for hydroxylation is 1. The lowest BCUT2D eigenvalue weighted by molar-refractivity contribution is -0.134. The molecule has 0 unspecified atom stereocenters. The Bertz CT molecular complexity index is 1280. The third-order valence-electron chi connectivity index (χ3n) is 6.71. The van der Waals surface area contributed by atoms with Crippen LogP contribution in [0.5, 0.6) is 5.75 Å². The van der Waals surface area contributed by atoms with E-state index in [1.165, 1.54) is 0 Å². The topological polar surface area (TPSA) is 105 Å². The number of imidazole rings is 1. The number of carbonyl (C=O) groups excluding carboxylic acids is 3. The largest absolute Gasteiger partial charge is 0.487 e. The molecule has 0 bridgehead atoms. The van der Waals surface area contributed by atoms with Crippen molar-refractivity contribution in [1.29, 1.82) is 0 Å². The normalized spacial score (nSPS) is 22.3. The number of fused-ring (bicyclic) bond motifs is 1. The molecule has 4 amide bonds. The fourth-order valence-corrected chi connectivity index (χ4v) is 4.64. The molecule has 1 spiro atoms. The Kier molecular flexibility index (Phi) is 5.47. The Hall–Kier alpha value is -3.88. The fourth-order valence-electron chi connectivity index (χ4n) is 4.64. The van der Waals surface area contributed by atoms with Gasteiger partial charge in [-0.3, -0.25) is 15.0 Å². The Morgan fingerprint density at radius 3 is 2.79 bits per heavy atom. The molecule has 9 heteroatoms. The summed E-state index contributed by atoms with van der Waals surface area (Å²) in [6.07, 6.45) is 6.71. The van der Waals surface area contributed by atoms with Crippen LogP contribution < -0.4 is 15.5 Å². The van der Waals surface area contributed by atoms with Gasteiger partial charge in [0.05, 0.1) is 5.69 Å². The number of pyridine rings is 1. The summed E-state index contributed by atoms with van der Waals surface area (Å²) in [6, 6.07) is 9.97. The third kappa shape index (κ3) is 3.98. The fraction of sp³-hybridized carbons (Fsp3) is 0.360. The predicted octanol–water partition coefficient (Wildman–Crippen LogP) is 3.37. The highest BCUT2D eigenvalue weighted by atomic mass is 16.5. The first-order chi connectivity index (χ1) is 16.3. The molecular formula is C25H27N5O4. The van der Waals surface area contributed by atoms with Gasteiger partial charge in [-0.05, 0) is 68.4 Å². The van der Waals surface area contributed by atoms with Crippen molar-refractivity contribution in [3.8, 4) is 5.75 Å². The zero-order chi connectivity index (χ0) is 23.9. The monoisotopic (exact) mass is 461 g/mol. The van der Waals surface area contributed by atoms with Gasteiger partial charge in [-0.2, -0.15) is 5.01 Å². The lowest BCUT2D eigenvalue weighted by atomic mass is 9.77. The number of ether oxygens (including phenoxy) is 1. The molecule has 1 saturated carbocycles. The quantitative estimate of drug-likeness (QED) is 0.567. The van der Waals surface area contributed by atoms with E-state index in [4.69, 9.17) is 4.74 Å². The van der Waals surface area contributed by atoms with Crippen LogP contribution in [0.4, 0.5) is 4.79 Å². The SMILES string of the molecule is Cc1cccn2cc(COc3cccc(C(=O)NN4C(=O)NC5(CCC(C)CC5)C4=O)c3)nc12. The van der Waals surface area contributed by atoms with E-state index in [2.05, 4.69) is 22.7 Å². The summed E-state index contributed by atoms with van der Waals surface area (Å²) in [5.41, 5.74) is 4.53. The number of imide groups is 1. The molecule has 176 valence electrons. The standard InChI is InChI=1S/C25H27N5O4/c1-16-8-10-25(11-9-16)23(32)30(24(33)27-25)28-22(31)18-6-3-7-20(13-18)34-15-19-14-29-12-4-5-17(2)21(29)26-19/h3-7,12-14,16H,8-11,15H2,1-2H3,(H,27,33)(H,28,31). The van der Waals surface area contributed by atoms with E-state index >= 15 is 0 Å². The summed E-state index contributed by atoms with van der Waals surface area (Å²) in [5, 5.41) is 3.61. The number of hydrogen-bond acceptors (Lipinski definition) is 5. The van der Waals surface area contributed by atoms with Gasteiger partial charge >= 0.3 is 6.03 Å². The molecule has 2 aromatic heterocycles. The third-order valence-corrected chi connectivity index (χ3v) is 6.71. The van der Waals surface area contributed by atoms with Crippen LogP contribution in [0.3, 0.4) is 0 Å². The smallest absolute Gasteiger partial charge is 0.344 e. The summed E-state index contributed by atoms with van der Waals surface area (Å²) in [7, 11) is 0. The van der Waals surface area contributed by atoms with Crippen molar-refractivity contribution in [3.63, 3.8) is 0 Å². The number of amides is 4. The van der Waals surface area contributed by atoms with Crippen LogP contribution in [0.1, 0.15) is 54.2 Å². The van der Waals surface area contributed by atoms with Crippen LogP contribution in [0.2, 0.25) is 0 Å². The maximum absolute atomic E-state index is 13.0. The molecule has 1 saturated heterocycles. The Morgan fingerprint density at radius 1 is 1.24 bits per heavy atom. The van der Waals surface area contributed by atoms with Crippen molar-refractivity contribution in [3.05, 3.63) is 65.6 Å². The molecule has 1 aliphatic heterocycles. The van der Waals surface area contributed by atoms with Gasteiger partial charge in [-0.15, -0.1) is 0 Å². The maximum Gasteiger partial charge on any atom is 0.344 e. The summed E-state index contributed by atoms with van der Waals surface area (Å²) in [6.45, 7) is 4.37. The summed E-state index contributed by atoms with van der Waals surface area (Å²) in [5.74, 6) is 0.0495. The van der Waals surface area contributed by atoms with Gasteiger partial charge in [-0.1, -0.05) is 19.1 Å². The van der Waals surface area contributed by atoms with Crippen LogP contribution >= 0.6 is 0 Å². The number of benzene rings is 1. The first-order valence-corrected chi connectivity index (χ1v) is 11.5. The highest BCUT2D eigenvalue weighted by molar-refractivity contribution is 6.09. The molecule has 2 aliphatic rings. The predicted molar refractivity (Wildman–Crippen MR) is 124 cm³/mol. The average molecular weight is 462 g/mol. The molecule has 9 nitrogen and oxygen atoms in total. The van der Waals surface area contributed by atoms with Crippen molar-refractivity contribution in [2.75, 3.05) is 0 Å². The van der Waals surface area contributed by atoms with Gasteiger partial charge in [-0.25, -0.2) is 9.78 Å².